The maximum atomic E-state index is 4.33. The van der Waals surface area contributed by atoms with E-state index in [0.29, 0.717) is 6.04 Å². The Hall–Kier alpha value is -0.590. The van der Waals surface area contributed by atoms with E-state index < -0.39 is 0 Å². The maximum Gasteiger partial charge on any atom is 0.191 e. The van der Waals surface area contributed by atoms with Crippen LogP contribution in [0.1, 0.15) is 31.1 Å². The van der Waals surface area contributed by atoms with Gasteiger partial charge < -0.3 is 15.5 Å². The van der Waals surface area contributed by atoms with Crippen molar-refractivity contribution in [3.63, 3.8) is 0 Å². The molecule has 0 atom stereocenters. The van der Waals surface area contributed by atoms with Crippen LogP contribution >= 0.6 is 27.3 Å². The van der Waals surface area contributed by atoms with Crippen LogP contribution in [0, 0.1) is 0 Å². The number of likely N-dealkylation sites (tertiary alicyclic amines) is 1. The summed E-state index contributed by atoms with van der Waals surface area (Å²) in [4.78, 5) is 8.19. The number of nitrogens with one attached hydrogen (secondary N) is 2. The van der Waals surface area contributed by atoms with E-state index in [-0.39, 0.29) is 0 Å². The van der Waals surface area contributed by atoms with Crippen molar-refractivity contribution in [2.45, 2.75) is 38.8 Å². The first kappa shape index (κ1) is 16.8. The van der Waals surface area contributed by atoms with Crippen molar-refractivity contribution in [3.05, 3.63) is 20.8 Å². The predicted octanol–water partition coefficient (Wildman–Crippen LogP) is 3.05. The van der Waals surface area contributed by atoms with Crippen LogP contribution in [0.15, 0.2) is 20.9 Å². The van der Waals surface area contributed by atoms with Crippen molar-refractivity contribution in [2.75, 3.05) is 26.7 Å². The fourth-order valence-corrected chi connectivity index (χ4v) is 4.01. The minimum atomic E-state index is 0.541. The van der Waals surface area contributed by atoms with Gasteiger partial charge in [0, 0.05) is 40.9 Å². The molecule has 2 N–H and O–H groups in total. The second-order valence-electron chi connectivity index (χ2n) is 5.42. The Kier molecular flexibility index (Phi) is 6.99. The van der Waals surface area contributed by atoms with Gasteiger partial charge in [-0.15, -0.1) is 11.3 Å². The standard InChI is InChI=1S/C15H25BrN4S/c1-3-6-20-7-4-13(5-8-20)19-15(17-2)18-10-14-9-12(16)11-21-14/h9,11,13H,3-8,10H2,1-2H3,(H2,17,18,19). The number of rotatable bonds is 5. The van der Waals surface area contributed by atoms with E-state index in [1.165, 1.54) is 43.8 Å². The summed E-state index contributed by atoms with van der Waals surface area (Å²) in [5.74, 6) is 0.911. The fourth-order valence-electron chi connectivity index (χ4n) is 2.62. The van der Waals surface area contributed by atoms with E-state index in [2.05, 4.69) is 54.8 Å². The molecule has 1 aromatic heterocycles. The zero-order valence-corrected chi connectivity index (χ0v) is 15.3. The van der Waals surface area contributed by atoms with Crippen molar-refractivity contribution in [3.8, 4) is 0 Å². The molecule has 0 aromatic carbocycles. The lowest BCUT2D eigenvalue weighted by atomic mass is 10.1. The van der Waals surface area contributed by atoms with Crippen LogP contribution in [0.25, 0.3) is 0 Å². The number of hydrogen-bond acceptors (Lipinski definition) is 3. The number of nitrogens with zero attached hydrogens (tertiary/aromatic N) is 2. The summed E-state index contributed by atoms with van der Waals surface area (Å²) in [5, 5.41) is 9.06. The topological polar surface area (TPSA) is 39.7 Å². The summed E-state index contributed by atoms with van der Waals surface area (Å²) in [6.07, 6.45) is 3.65. The molecule has 118 valence electrons. The highest BCUT2D eigenvalue weighted by atomic mass is 79.9. The maximum absolute atomic E-state index is 4.33. The number of aliphatic imine (C=N–C) groups is 1. The summed E-state index contributed by atoms with van der Waals surface area (Å²) in [6.45, 7) is 6.69. The zero-order chi connectivity index (χ0) is 15.1. The largest absolute Gasteiger partial charge is 0.354 e. The molecule has 1 saturated heterocycles. The Bertz CT molecular complexity index is 452. The van der Waals surface area contributed by atoms with Crippen molar-refractivity contribution in [1.29, 1.82) is 0 Å². The van der Waals surface area contributed by atoms with Gasteiger partial charge in [0.25, 0.3) is 0 Å². The summed E-state index contributed by atoms with van der Waals surface area (Å²) < 4.78 is 1.15. The van der Waals surface area contributed by atoms with E-state index in [1.54, 1.807) is 11.3 Å². The van der Waals surface area contributed by atoms with Gasteiger partial charge in [-0.25, -0.2) is 0 Å². The van der Waals surface area contributed by atoms with Crippen LogP contribution in [0.3, 0.4) is 0 Å². The normalized spacial score (nSPS) is 18.0. The van der Waals surface area contributed by atoms with Crippen molar-refractivity contribution < 1.29 is 0 Å². The molecule has 0 unspecified atom stereocenters. The molecule has 4 nitrogen and oxygen atoms in total. The number of halogens is 1. The van der Waals surface area contributed by atoms with Crippen LogP contribution in [-0.2, 0) is 6.54 Å². The molecule has 2 heterocycles. The van der Waals surface area contributed by atoms with Gasteiger partial charge in [-0.1, -0.05) is 6.92 Å². The first-order chi connectivity index (χ1) is 10.2. The van der Waals surface area contributed by atoms with E-state index >= 15 is 0 Å². The van der Waals surface area contributed by atoms with E-state index in [1.807, 2.05) is 7.05 Å². The summed E-state index contributed by atoms with van der Waals surface area (Å²) in [5.41, 5.74) is 0. The van der Waals surface area contributed by atoms with Crippen molar-refractivity contribution in [1.82, 2.24) is 15.5 Å². The Labute approximate surface area is 140 Å². The van der Waals surface area contributed by atoms with Gasteiger partial charge in [-0.2, -0.15) is 0 Å². The Morgan fingerprint density at radius 1 is 1.48 bits per heavy atom. The predicted molar refractivity (Wildman–Crippen MR) is 95.1 cm³/mol. The van der Waals surface area contributed by atoms with Gasteiger partial charge in [-0.05, 0) is 47.8 Å². The minimum absolute atomic E-state index is 0.541. The second-order valence-corrected chi connectivity index (χ2v) is 7.33. The van der Waals surface area contributed by atoms with Crippen LogP contribution in [0.5, 0.6) is 0 Å². The second kappa shape index (κ2) is 8.76. The SMILES string of the molecule is CCCN1CCC(NC(=NC)NCc2cc(Br)cs2)CC1. The molecule has 0 bridgehead atoms. The van der Waals surface area contributed by atoms with Gasteiger partial charge in [0.15, 0.2) is 5.96 Å². The first-order valence-corrected chi connectivity index (χ1v) is 9.31. The van der Waals surface area contributed by atoms with Crippen molar-refractivity contribution in [2.24, 2.45) is 4.99 Å². The Morgan fingerprint density at radius 3 is 2.81 bits per heavy atom. The quantitative estimate of drug-likeness (QED) is 0.616. The third-order valence-corrected chi connectivity index (χ3v) is 5.44. The highest BCUT2D eigenvalue weighted by molar-refractivity contribution is 9.10. The summed E-state index contributed by atoms with van der Waals surface area (Å²) >= 11 is 5.24. The molecule has 1 aliphatic rings. The number of piperidine rings is 1. The van der Waals surface area contributed by atoms with Gasteiger partial charge in [0.1, 0.15) is 0 Å². The molecule has 6 heteroatoms. The van der Waals surface area contributed by atoms with E-state index in [9.17, 15) is 0 Å². The van der Waals surface area contributed by atoms with Gasteiger partial charge in [0.2, 0.25) is 0 Å². The molecule has 2 rings (SSSR count). The summed E-state index contributed by atoms with van der Waals surface area (Å²) in [7, 11) is 1.84. The number of guanidine groups is 1. The molecule has 0 spiro atoms. The van der Waals surface area contributed by atoms with Gasteiger partial charge in [0.05, 0.1) is 6.54 Å². The molecule has 0 amide bonds. The Balaban J connectivity index is 1.73. The lowest BCUT2D eigenvalue weighted by molar-refractivity contribution is 0.206. The lowest BCUT2D eigenvalue weighted by Gasteiger charge is -2.32. The molecule has 0 radical (unpaired) electrons. The van der Waals surface area contributed by atoms with Crippen molar-refractivity contribution >= 4 is 33.2 Å². The monoisotopic (exact) mass is 372 g/mol. The van der Waals surface area contributed by atoms with E-state index in [0.717, 1.165) is 17.0 Å². The highest BCUT2D eigenvalue weighted by Gasteiger charge is 2.19. The van der Waals surface area contributed by atoms with Crippen LogP contribution < -0.4 is 10.6 Å². The molecule has 21 heavy (non-hydrogen) atoms. The average Bonchev–Trinajstić information content (AvgIpc) is 2.91. The fraction of sp³-hybridized carbons (Fsp3) is 0.667. The minimum Gasteiger partial charge on any atom is -0.354 e. The van der Waals surface area contributed by atoms with Gasteiger partial charge in [-0.3, -0.25) is 4.99 Å². The molecule has 0 aliphatic carbocycles. The number of thiophene rings is 1. The van der Waals surface area contributed by atoms with Gasteiger partial charge >= 0.3 is 0 Å². The molecule has 1 aromatic rings. The molecular formula is C15H25BrN4S. The Morgan fingerprint density at radius 2 is 2.24 bits per heavy atom. The average molecular weight is 373 g/mol. The number of hydrogen-bond donors (Lipinski definition) is 2. The smallest absolute Gasteiger partial charge is 0.191 e. The molecule has 1 fully saturated rings. The third-order valence-electron chi connectivity index (χ3n) is 3.74. The van der Waals surface area contributed by atoms with Crippen LogP contribution in [0.4, 0.5) is 0 Å². The zero-order valence-electron chi connectivity index (χ0n) is 12.9. The van der Waals surface area contributed by atoms with E-state index in [4.69, 9.17) is 0 Å². The third kappa shape index (κ3) is 5.60. The van der Waals surface area contributed by atoms with Crippen LogP contribution in [-0.4, -0.2) is 43.6 Å². The summed E-state index contributed by atoms with van der Waals surface area (Å²) in [6, 6.07) is 2.69. The molecule has 0 saturated carbocycles. The highest BCUT2D eigenvalue weighted by Crippen LogP contribution is 2.19. The molecule has 1 aliphatic heterocycles. The lowest BCUT2D eigenvalue weighted by Crippen LogP contribution is -2.48. The van der Waals surface area contributed by atoms with Crippen LogP contribution in [0.2, 0.25) is 0 Å². The first-order valence-electron chi connectivity index (χ1n) is 7.63. The molecular weight excluding hydrogens is 348 g/mol.